The van der Waals surface area contributed by atoms with E-state index in [0.717, 1.165) is 15.7 Å². The zero-order valence-corrected chi connectivity index (χ0v) is 11.7. The third kappa shape index (κ3) is 2.12. The monoisotopic (exact) mass is 315 g/mol. The highest BCUT2D eigenvalue weighted by Gasteiger charge is 2.14. The number of hydrogen-bond acceptors (Lipinski definition) is 3. The minimum absolute atomic E-state index is 0.453. The Labute approximate surface area is 112 Å². The fraction of sp³-hybridized carbons (Fsp3) is 0.182. The van der Waals surface area contributed by atoms with Crippen molar-refractivity contribution < 1.29 is 4.74 Å². The van der Waals surface area contributed by atoms with Crippen LogP contribution in [0.1, 0.15) is 0 Å². The first-order chi connectivity index (χ1) is 8.04. The third-order valence-electron chi connectivity index (χ3n) is 2.44. The highest BCUT2D eigenvalue weighted by atomic mass is 79.9. The summed E-state index contributed by atoms with van der Waals surface area (Å²) in [7, 11) is 3.41. The van der Waals surface area contributed by atoms with Gasteiger partial charge in [0.05, 0.1) is 22.3 Å². The smallest absolute Gasteiger partial charge is 0.160 e. The fourth-order valence-electron chi connectivity index (χ4n) is 1.65. The quantitative estimate of drug-likeness (QED) is 0.926. The summed E-state index contributed by atoms with van der Waals surface area (Å²) in [6.07, 6.45) is 0. The Bertz CT molecular complexity index is 568. The van der Waals surface area contributed by atoms with Gasteiger partial charge in [-0.2, -0.15) is 5.10 Å². The van der Waals surface area contributed by atoms with Crippen LogP contribution in [-0.2, 0) is 7.05 Å². The highest BCUT2D eigenvalue weighted by Crippen LogP contribution is 2.35. The average Bonchev–Trinajstić information content (AvgIpc) is 2.53. The maximum atomic E-state index is 6.09. The van der Waals surface area contributed by atoms with Gasteiger partial charge in [-0.05, 0) is 34.1 Å². The zero-order chi connectivity index (χ0) is 12.6. The minimum Gasteiger partial charge on any atom is -0.495 e. The van der Waals surface area contributed by atoms with Crippen molar-refractivity contribution in [2.45, 2.75) is 0 Å². The average molecular weight is 317 g/mol. The Morgan fingerprint density at radius 2 is 2.18 bits per heavy atom. The van der Waals surface area contributed by atoms with Crippen LogP contribution in [-0.4, -0.2) is 16.9 Å². The molecule has 0 saturated carbocycles. The molecule has 1 heterocycles. The van der Waals surface area contributed by atoms with E-state index in [0.29, 0.717) is 16.6 Å². The number of anilines is 1. The van der Waals surface area contributed by atoms with Crippen molar-refractivity contribution in [1.82, 2.24) is 9.78 Å². The summed E-state index contributed by atoms with van der Waals surface area (Å²) in [5.41, 5.74) is 7.54. The van der Waals surface area contributed by atoms with E-state index in [9.17, 15) is 0 Å². The first kappa shape index (κ1) is 12.3. The van der Waals surface area contributed by atoms with E-state index >= 15 is 0 Å². The number of nitrogen functional groups attached to an aromatic ring is 1. The molecule has 1 aromatic heterocycles. The van der Waals surface area contributed by atoms with Crippen molar-refractivity contribution in [3.63, 3.8) is 0 Å². The molecule has 0 spiro atoms. The molecule has 0 saturated heterocycles. The molecule has 2 rings (SSSR count). The van der Waals surface area contributed by atoms with Crippen molar-refractivity contribution in [3.05, 3.63) is 27.7 Å². The number of hydrogen-bond donors (Lipinski definition) is 1. The van der Waals surface area contributed by atoms with Crippen LogP contribution >= 0.6 is 27.5 Å². The standard InChI is InChI=1S/C11H11BrClN3O/c1-16-10(9(12)11(14)15-16)6-3-4-8(17-2)7(13)5-6/h3-5H,1-2H3,(H2,14,15). The Balaban J connectivity index is 2.57. The molecule has 0 fully saturated rings. The molecule has 0 amide bonds. The first-order valence-corrected chi connectivity index (χ1v) is 6.03. The molecule has 2 N–H and O–H groups in total. The number of nitrogens with zero attached hydrogens (tertiary/aromatic N) is 2. The highest BCUT2D eigenvalue weighted by molar-refractivity contribution is 9.10. The Morgan fingerprint density at radius 3 is 2.65 bits per heavy atom. The Kier molecular flexibility index (Phi) is 3.31. The number of ether oxygens (including phenoxy) is 1. The minimum atomic E-state index is 0.453. The fourth-order valence-corrected chi connectivity index (χ4v) is 2.47. The molecular weight excluding hydrogens is 305 g/mol. The molecule has 1 aromatic carbocycles. The van der Waals surface area contributed by atoms with Gasteiger partial charge in [0.2, 0.25) is 0 Å². The van der Waals surface area contributed by atoms with Gasteiger partial charge in [-0.25, -0.2) is 0 Å². The molecule has 2 aromatic rings. The summed E-state index contributed by atoms with van der Waals surface area (Å²) >= 11 is 9.50. The lowest BCUT2D eigenvalue weighted by Crippen LogP contribution is -1.95. The lowest BCUT2D eigenvalue weighted by Gasteiger charge is -2.07. The summed E-state index contributed by atoms with van der Waals surface area (Å²) in [4.78, 5) is 0. The van der Waals surface area contributed by atoms with E-state index in [-0.39, 0.29) is 0 Å². The maximum absolute atomic E-state index is 6.09. The Hall–Kier alpha value is -1.20. The van der Waals surface area contributed by atoms with Crippen molar-refractivity contribution in [2.75, 3.05) is 12.8 Å². The van der Waals surface area contributed by atoms with Gasteiger partial charge in [-0.15, -0.1) is 0 Å². The van der Waals surface area contributed by atoms with Crippen molar-refractivity contribution in [2.24, 2.45) is 7.05 Å². The van der Waals surface area contributed by atoms with Gasteiger partial charge in [-0.3, -0.25) is 4.68 Å². The molecule has 0 bridgehead atoms. The molecule has 4 nitrogen and oxygen atoms in total. The number of rotatable bonds is 2. The number of benzene rings is 1. The normalized spacial score (nSPS) is 10.6. The van der Waals surface area contributed by atoms with Crippen molar-refractivity contribution in [3.8, 4) is 17.0 Å². The lowest BCUT2D eigenvalue weighted by atomic mass is 10.1. The van der Waals surface area contributed by atoms with Gasteiger partial charge >= 0.3 is 0 Å². The van der Waals surface area contributed by atoms with Crippen LogP contribution in [0.4, 0.5) is 5.82 Å². The van der Waals surface area contributed by atoms with Crippen LogP contribution in [0, 0.1) is 0 Å². The van der Waals surface area contributed by atoms with Gasteiger partial charge < -0.3 is 10.5 Å². The number of methoxy groups -OCH3 is 1. The third-order valence-corrected chi connectivity index (χ3v) is 3.52. The van der Waals surface area contributed by atoms with E-state index in [1.807, 2.05) is 25.2 Å². The predicted octanol–water partition coefficient (Wildman–Crippen LogP) is 3.09. The number of aryl methyl sites for hydroxylation is 1. The molecule has 0 radical (unpaired) electrons. The van der Waals surface area contributed by atoms with Crippen LogP contribution in [0.2, 0.25) is 5.02 Å². The van der Waals surface area contributed by atoms with Gasteiger partial charge in [0.1, 0.15) is 5.75 Å². The van der Waals surface area contributed by atoms with Gasteiger partial charge in [0, 0.05) is 12.6 Å². The summed E-state index contributed by atoms with van der Waals surface area (Å²) in [5, 5.41) is 4.68. The van der Waals surface area contributed by atoms with Gasteiger partial charge in [-0.1, -0.05) is 11.6 Å². The topological polar surface area (TPSA) is 53.1 Å². The number of aromatic nitrogens is 2. The molecular formula is C11H11BrClN3O. The lowest BCUT2D eigenvalue weighted by molar-refractivity contribution is 0.415. The second-order valence-corrected chi connectivity index (χ2v) is 4.72. The second kappa shape index (κ2) is 4.58. The largest absolute Gasteiger partial charge is 0.495 e. The zero-order valence-electron chi connectivity index (χ0n) is 9.37. The van der Waals surface area contributed by atoms with Crippen LogP contribution in [0.15, 0.2) is 22.7 Å². The summed E-state index contributed by atoms with van der Waals surface area (Å²) < 4.78 is 7.58. The van der Waals surface area contributed by atoms with Gasteiger partial charge in [0.15, 0.2) is 5.82 Å². The Morgan fingerprint density at radius 1 is 1.47 bits per heavy atom. The van der Waals surface area contributed by atoms with Crippen LogP contribution < -0.4 is 10.5 Å². The molecule has 6 heteroatoms. The molecule has 0 aliphatic carbocycles. The van der Waals surface area contributed by atoms with E-state index in [1.54, 1.807) is 11.8 Å². The van der Waals surface area contributed by atoms with Crippen LogP contribution in [0.25, 0.3) is 11.3 Å². The van der Waals surface area contributed by atoms with E-state index in [2.05, 4.69) is 21.0 Å². The molecule has 0 aliphatic rings. The maximum Gasteiger partial charge on any atom is 0.160 e. The SMILES string of the molecule is COc1ccc(-c2c(Br)c(N)nn2C)cc1Cl. The summed E-state index contributed by atoms with van der Waals surface area (Å²) in [6.45, 7) is 0. The predicted molar refractivity (Wildman–Crippen MR) is 72.3 cm³/mol. The van der Waals surface area contributed by atoms with Crippen molar-refractivity contribution in [1.29, 1.82) is 0 Å². The summed E-state index contributed by atoms with van der Waals surface area (Å²) in [6, 6.07) is 5.54. The first-order valence-electron chi connectivity index (χ1n) is 4.86. The molecule has 90 valence electrons. The van der Waals surface area contributed by atoms with E-state index in [1.165, 1.54) is 0 Å². The van der Waals surface area contributed by atoms with Crippen molar-refractivity contribution >= 4 is 33.3 Å². The molecule has 17 heavy (non-hydrogen) atoms. The molecule has 0 unspecified atom stereocenters. The van der Waals surface area contributed by atoms with Crippen LogP contribution in [0.3, 0.4) is 0 Å². The van der Waals surface area contributed by atoms with E-state index in [4.69, 9.17) is 22.1 Å². The van der Waals surface area contributed by atoms with E-state index < -0.39 is 0 Å². The van der Waals surface area contributed by atoms with Gasteiger partial charge in [0.25, 0.3) is 0 Å². The molecule has 0 aliphatic heterocycles. The second-order valence-electron chi connectivity index (χ2n) is 3.52. The summed E-state index contributed by atoms with van der Waals surface area (Å²) in [5.74, 6) is 1.09. The van der Waals surface area contributed by atoms with Crippen LogP contribution in [0.5, 0.6) is 5.75 Å². The number of halogens is 2. The molecule has 0 atom stereocenters. The number of nitrogens with two attached hydrogens (primary N) is 1.